The average Bonchev–Trinajstić information content (AvgIpc) is 2.94. The van der Waals surface area contributed by atoms with Crippen molar-refractivity contribution in [1.82, 2.24) is 4.57 Å². The van der Waals surface area contributed by atoms with Crippen molar-refractivity contribution < 1.29 is 0 Å². The first-order valence-corrected chi connectivity index (χ1v) is 8.66. The molecule has 21 heavy (non-hydrogen) atoms. The Kier molecular flexibility index (Phi) is 2.59. The van der Waals surface area contributed by atoms with E-state index in [-0.39, 0.29) is 0 Å². The Hall–Kier alpha value is -1.50. The van der Waals surface area contributed by atoms with E-state index in [1.54, 1.807) is 22.4 Å². The normalized spacial score (nSPS) is 30.7. The van der Waals surface area contributed by atoms with Crippen LogP contribution in [0.4, 0.5) is 0 Å². The largest absolute Gasteiger partial charge is 0.346 e. The van der Waals surface area contributed by atoms with Crippen LogP contribution in [0, 0.1) is 5.92 Å². The summed E-state index contributed by atoms with van der Waals surface area (Å²) >= 11 is 0. The lowest BCUT2D eigenvalue weighted by atomic mass is 9.73. The highest BCUT2D eigenvalue weighted by Gasteiger charge is 2.36. The van der Waals surface area contributed by atoms with Crippen LogP contribution in [0.15, 0.2) is 52.8 Å². The Balaban J connectivity index is 1.76. The van der Waals surface area contributed by atoms with E-state index in [1.807, 2.05) is 5.57 Å². The maximum absolute atomic E-state index is 2.53. The van der Waals surface area contributed by atoms with Gasteiger partial charge in [0.15, 0.2) is 0 Å². The molecule has 0 bridgehead atoms. The summed E-state index contributed by atoms with van der Waals surface area (Å²) < 4.78 is 2.53. The van der Waals surface area contributed by atoms with Crippen LogP contribution in [0.5, 0.6) is 0 Å². The fourth-order valence-electron chi connectivity index (χ4n) is 5.23. The van der Waals surface area contributed by atoms with Crippen LogP contribution in [0.1, 0.15) is 56.6 Å². The lowest BCUT2D eigenvalue weighted by Gasteiger charge is -2.36. The summed E-state index contributed by atoms with van der Waals surface area (Å²) in [6.07, 6.45) is 16.5. The molecule has 4 aliphatic rings. The number of aromatic nitrogens is 1. The Morgan fingerprint density at radius 2 is 2.10 bits per heavy atom. The molecule has 0 radical (unpaired) electrons. The van der Waals surface area contributed by atoms with Gasteiger partial charge in [0.05, 0.1) is 0 Å². The van der Waals surface area contributed by atoms with Crippen molar-refractivity contribution in [1.29, 1.82) is 0 Å². The molecule has 0 spiro atoms. The molecule has 0 saturated heterocycles. The van der Waals surface area contributed by atoms with Gasteiger partial charge in [0.25, 0.3) is 0 Å². The summed E-state index contributed by atoms with van der Waals surface area (Å²) in [5.74, 6) is 1.53. The van der Waals surface area contributed by atoms with Crippen molar-refractivity contribution in [2.24, 2.45) is 5.92 Å². The van der Waals surface area contributed by atoms with Crippen LogP contribution in [0.25, 0.3) is 0 Å². The van der Waals surface area contributed by atoms with E-state index in [0.29, 0.717) is 5.92 Å². The van der Waals surface area contributed by atoms with Crippen LogP contribution < -0.4 is 0 Å². The van der Waals surface area contributed by atoms with E-state index in [1.165, 1.54) is 44.9 Å². The predicted molar refractivity (Wildman–Crippen MR) is 86.2 cm³/mol. The second-order valence-electron chi connectivity index (χ2n) is 7.17. The van der Waals surface area contributed by atoms with E-state index in [4.69, 9.17) is 0 Å². The fraction of sp³-hybridized carbons (Fsp3) is 0.500. The van der Waals surface area contributed by atoms with E-state index >= 15 is 0 Å². The minimum Gasteiger partial charge on any atom is -0.346 e. The van der Waals surface area contributed by atoms with E-state index in [0.717, 1.165) is 12.5 Å². The Labute approximate surface area is 127 Å². The van der Waals surface area contributed by atoms with Gasteiger partial charge in [0.1, 0.15) is 0 Å². The second kappa shape index (κ2) is 4.50. The lowest BCUT2D eigenvalue weighted by molar-refractivity contribution is 0.525. The van der Waals surface area contributed by atoms with Gasteiger partial charge in [0, 0.05) is 24.4 Å². The van der Waals surface area contributed by atoms with Crippen molar-refractivity contribution >= 4 is 0 Å². The van der Waals surface area contributed by atoms with Crippen molar-refractivity contribution in [3.63, 3.8) is 0 Å². The van der Waals surface area contributed by atoms with Gasteiger partial charge in [-0.25, -0.2) is 0 Å². The van der Waals surface area contributed by atoms with E-state index in [2.05, 4.69) is 35.0 Å². The molecule has 108 valence electrons. The molecule has 0 aromatic carbocycles. The second-order valence-corrected chi connectivity index (χ2v) is 7.17. The summed E-state index contributed by atoms with van der Waals surface area (Å²) in [5, 5.41) is 0. The van der Waals surface area contributed by atoms with Crippen LogP contribution in [0.2, 0.25) is 0 Å². The molecule has 0 N–H and O–H groups in total. The van der Waals surface area contributed by atoms with Crippen LogP contribution in [-0.4, -0.2) is 4.57 Å². The van der Waals surface area contributed by atoms with Gasteiger partial charge in [0.2, 0.25) is 0 Å². The van der Waals surface area contributed by atoms with Gasteiger partial charge in [-0.15, -0.1) is 0 Å². The number of allylic oxidation sites excluding steroid dienone is 6. The molecular formula is C20H23N. The third kappa shape index (κ3) is 1.70. The van der Waals surface area contributed by atoms with Crippen molar-refractivity contribution in [3.8, 4) is 0 Å². The molecule has 1 aromatic rings. The first kappa shape index (κ1) is 12.1. The first-order chi connectivity index (χ1) is 10.4. The Morgan fingerprint density at radius 1 is 1.10 bits per heavy atom. The molecule has 2 unspecified atom stereocenters. The highest BCUT2D eigenvalue weighted by atomic mass is 15.0. The molecule has 1 nitrogen and oxygen atoms in total. The third-order valence-corrected chi connectivity index (χ3v) is 6.18. The van der Waals surface area contributed by atoms with Crippen LogP contribution in [0.3, 0.4) is 0 Å². The standard InChI is InChI=1S/C20H23N/c1-2-7-16-14(5-1)10-11-15-6-3-8-17-19-9-4-12-21(19)13-18(16)20(15)17/h1-2,4,9,12,14,17H,3,5-8,10-11,13H2. The Morgan fingerprint density at radius 3 is 3.10 bits per heavy atom. The van der Waals surface area contributed by atoms with Gasteiger partial charge in [-0.3, -0.25) is 0 Å². The number of rotatable bonds is 0. The van der Waals surface area contributed by atoms with Crippen molar-refractivity contribution in [3.05, 3.63) is 58.5 Å². The minimum atomic E-state index is 0.699. The van der Waals surface area contributed by atoms with E-state index < -0.39 is 0 Å². The van der Waals surface area contributed by atoms with Gasteiger partial charge in [-0.1, -0.05) is 23.3 Å². The lowest BCUT2D eigenvalue weighted by Crippen LogP contribution is -2.24. The predicted octanol–water partition coefficient (Wildman–Crippen LogP) is 5.12. The van der Waals surface area contributed by atoms with E-state index in [9.17, 15) is 0 Å². The zero-order valence-electron chi connectivity index (χ0n) is 12.6. The number of hydrogen-bond acceptors (Lipinski definition) is 0. The van der Waals surface area contributed by atoms with Gasteiger partial charge < -0.3 is 4.57 Å². The quantitative estimate of drug-likeness (QED) is 0.580. The molecule has 2 atom stereocenters. The summed E-state index contributed by atoms with van der Waals surface area (Å²) in [7, 11) is 0. The molecule has 0 fully saturated rings. The zero-order valence-corrected chi connectivity index (χ0v) is 12.6. The first-order valence-electron chi connectivity index (χ1n) is 8.66. The van der Waals surface area contributed by atoms with Crippen LogP contribution >= 0.6 is 0 Å². The molecule has 1 heteroatoms. The molecule has 5 rings (SSSR count). The molecule has 2 heterocycles. The van der Waals surface area contributed by atoms with Gasteiger partial charge in [-0.05, 0) is 74.1 Å². The third-order valence-electron chi connectivity index (χ3n) is 6.18. The Bertz CT molecular complexity index is 682. The maximum atomic E-state index is 2.53. The van der Waals surface area contributed by atoms with Crippen molar-refractivity contribution in [2.75, 3.05) is 0 Å². The summed E-state index contributed by atoms with van der Waals surface area (Å²) in [5.41, 5.74) is 8.71. The highest BCUT2D eigenvalue weighted by molar-refractivity contribution is 5.52. The smallest absolute Gasteiger partial charge is 0.0475 e. The van der Waals surface area contributed by atoms with Crippen LogP contribution in [-0.2, 0) is 6.54 Å². The number of fused-ring (bicyclic) bond motifs is 3. The topological polar surface area (TPSA) is 4.93 Å². The number of hydrogen-bond donors (Lipinski definition) is 0. The summed E-state index contributed by atoms with van der Waals surface area (Å²) in [6, 6.07) is 4.62. The number of nitrogens with zero attached hydrogens (tertiary/aromatic N) is 1. The molecule has 3 aliphatic carbocycles. The molecule has 1 aromatic heterocycles. The monoisotopic (exact) mass is 277 g/mol. The zero-order chi connectivity index (χ0) is 13.8. The summed E-state index contributed by atoms with van der Waals surface area (Å²) in [4.78, 5) is 0. The molecular weight excluding hydrogens is 254 g/mol. The SMILES string of the molecule is C1=CCC2CCC3=C4C(=C2C1)Cn1cccc1C4CCC3. The molecule has 0 saturated carbocycles. The van der Waals surface area contributed by atoms with Gasteiger partial charge in [-0.2, -0.15) is 0 Å². The molecule has 0 amide bonds. The summed E-state index contributed by atoms with van der Waals surface area (Å²) in [6.45, 7) is 1.14. The van der Waals surface area contributed by atoms with Crippen molar-refractivity contribution in [2.45, 2.75) is 57.4 Å². The minimum absolute atomic E-state index is 0.699. The molecule has 1 aliphatic heterocycles. The average molecular weight is 277 g/mol. The highest BCUT2D eigenvalue weighted by Crippen LogP contribution is 2.51. The maximum Gasteiger partial charge on any atom is 0.0475 e. The fourth-order valence-corrected chi connectivity index (χ4v) is 5.23. The van der Waals surface area contributed by atoms with Gasteiger partial charge >= 0.3 is 0 Å².